The van der Waals surface area contributed by atoms with Gasteiger partial charge in [0.15, 0.2) is 6.73 Å². The van der Waals surface area contributed by atoms with E-state index in [1.807, 2.05) is 0 Å². The largest absolute Gasteiger partial charge is 0.444 e. The number of nitrogens with two attached hydrogens (primary N) is 1. The normalized spacial score (nSPS) is 20.4. The molecule has 9 heteroatoms. The van der Waals surface area contributed by atoms with Gasteiger partial charge in [-0.05, 0) is 43.9 Å². The summed E-state index contributed by atoms with van der Waals surface area (Å²) in [5.74, 6) is -0.350. The number of hydrogen-bond acceptors (Lipinski definition) is 6. The Morgan fingerprint density at radius 2 is 2.00 bits per heavy atom. The summed E-state index contributed by atoms with van der Waals surface area (Å²) in [5, 5.41) is 0.647. The van der Waals surface area contributed by atoms with Crippen molar-refractivity contribution in [2.75, 3.05) is 6.54 Å². The molecule has 0 bridgehead atoms. The third-order valence-electron chi connectivity index (χ3n) is 6.49. The highest BCUT2D eigenvalue weighted by molar-refractivity contribution is 7.89. The van der Waals surface area contributed by atoms with Gasteiger partial charge in [0.2, 0.25) is 10.0 Å². The molecule has 1 atom stereocenters. The van der Waals surface area contributed by atoms with E-state index in [-0.39, 0.29) is 29.0 Å². The van der Waals surface area contributed by atoms with Crippen LogP contribution in [-0.4, -0.2) is 41.4 Å². The fourth-order valence-electron chi connectivity index (χ4n) is 4.51. The maximum Gasteiger partial charge on any atom is 0.307 e. The van der Waals surface area contributed by atoms with Gasteiger partial charge in [-0.25, -0.2) is 8.42 Å². The number of sulfonamides is 1. The second kappa shape index (κ2) is 8.37. The average molecular weight is 448 g/mol. The highest BCUT2D eigenvalue weighted by Crippen LogP contribution is 2.51. The smallest absolute Gasteiger partial charge is 0.307 e. The maximum absolute atomic E-state index is 13.5. The molecule has 1 spiro atoms. The molecule has 2 aliphatic rings. The van der Waals surface area contributed by atoms with E-state index in [2.05, 4.69) is 6.92 Å². The predicted molar refractivity (Wildman–Crippen MR) is 117 cm³/mol. The number of fused-ring (bicyclic) bond motifs is 1. The van der Waals surface area contributed by atoms with E-state index in [4.69, 9.17) is 10.5 Å². The molecular weight excluding hydrogens is 418 g/mol. The Morgan fingerprint density at radius 3 is 2.71 bits per heavy atom. The first-order chi connectivity index (χ1) is 14.8. The number of hydrogen-bond donors (Lipinski definition) is 1. The van der Waals surface area contributed by atoms with Crippen LogP contribution in [-0.2, 0) is 26.3 Å². The van der Waals surface area contributed by atoms with Gasteiger partial charge in [-0.1, -0.05) is 25.8 Å². The summed E-state index contributed by atoms with van der Waals surface area (Å²) >= 11 is 0. The fraction of sp³-hybridized carbons (Fsp3) is 0.545. The maximum atomic E-state index is 13.5. The van der Waals surface area contributed by atoms with E-state index in [0.717, 1.165) is 32.1 Å². The van der Waals surface area contributed by atoms with Gasteiger partial charge in [-0.2, -0.15) is 4.31 Å². The van der Waals surface area contributed by atoms with Crippen LogP contribution in [0.2, 0.25) is 0 Å². The highest BCUT2D eigenvalue weighted by Gasteiger charge is 2.60. The number of nitrogens with zero attached hydrogens (tertiary/aromatic N) is 2. The van der Waals surface area contributed by atoms with E-state index in [9.17, 15) is 18.0 Å². The van der Waals surface area contributed by atoms with Gasteiger partial charge in [0.25, 0.3) is 5.56 Å². The Hall–Kier alpha value is -2.23. The molecule has 1 aliphatic carbocycles. The molecule has 0 amide bonds. The topological polar surface area (TPSA) is 112 Å². The zero-order valence-electron chi connectivity index (χ0n) is 17.7. The molecule has 31 heavy (non-hydrogen) atoms. The summed E-state index contributed by atoms with van der Waals surface area (Å²) in [6.07, 6.45) is 6.69. The first kappa shape index (κ1) is 22.0. The number of unbranched alkanes of at least 4 members (excludes halogenated alkanes) is 2. The lowest BCUT2D eigenvalue weighted by molar-refractivity contribution is -0.147. The number of ether oxygens (including phenoxy) is 1. The Balaban J connectivity index is 1.61. The van der Waals surface area contributed by atoms with Crippen molar-refractivity contribution in [2.24, 2.45) is 5.73 Å². The second-order valence-corrected chi connectivity index (χ2v) is 10.3. The van der Waals surface area contributed by atoms with Gasteiger partial charge in [0, 0.05) is 36.0 Å². The molecule has 0 radical (unpaired) electrons. The third kappa shape index (κ3) is 3.90. The van der Waals surface area contributed by atoms with Crippen LogP contribution in [0.25, 0.3) is 10.8 Å². The number of aromatic nitrogens is 1. The minimum Gasteiger partial charge on any atom is -0.444 e. The molecule has 2 heterocycles. The van der Waals surface area contributed by atoms with E-state index in [1.54, 1.807) is 18.2 Å². The van der Waals surface area contributed by atoms with Crippen molar-refractivity contribution < 1.29 is 17.9 Å². The first-order valence-corrected chi connectivity index (χ1v) is 12.3. The molecule has 1 saturated carbocycles. The van der Waals surface area contributed by atoms with Gasteiger partial charge >= 0.3 is 5.97 Å². The number of carbonyl (C=O) groups excluding carboxylic acids is 1. The van der Waals surface area contributed by atoms with Crippen molar-refractivity contribution in [3.63, 3.8) is 0 Å². The monoisotopic (exact) mass is 447 g/mol. The highest BCUT2D eigenvalue weighted by atomic mass is 32.2. The molecule has 2 N–H and O–H groups in total. The van der Waals surface area contributed by atoms with Gasteiger partial charge < -0.3 is 10.5 Å². The lowest BCUT2D eigenvalue weighted by atomic mass is 10.1. The van der Waals surface area contributed by atoms with Crippen molar-refractivity contribution in [3.05, 3.63) is 40.8 Å². The molecule has 1 aromatic carbocycles. The molecule has 2 fully saturated rings. The Labute approximate surface area is 182 Å². The quantitative estimate of drug-likeness (QED) is 0.491. The molecule has 4 rings (SSSR count). The minimum atomic E-state index is -3.79. The Morgan fingerprint density at radius 1 is 1.23 bits per heavy atom. The van der Waals surface area contributed by atoms with Crippen LogP contribution in [0.1, 0.15) is 51.9 Å². The zero-order valence-corrected chi connectivity index (χ0v) is 18.6. The van der Waals surface area contributed by atoms with E-state index >= 15 is 0 Å². The summed E-state index contributed by atoms with van der Waals surface area (Å²) in [5.41, 5.74) is 5.33. The van der Waals surface area contributed by atoms with E-state index in [0.29, 0.717) is 24.8 Å². The van der Waals surface area contributed by atoms with Gasteiger partial charge in [-0.3, -0.25) is 14.2 Å². The molecule has 1 aromatic heterocycles. The van der Waals surface area contributed by atoms with Crippen molar-refractivity contribution in [1.82, 2.24) is 8.87 Å². The second-order valence-electron chi connectivity index (χ2n) is 8.49. The van der Waals surface area contributed by atoms with Crippen molar-refractivity contribution in [1.29, 1.82) is 0 Å². The fourth-order valence-corrected chi connectivity index (χ4v) is 6.59. The number of carbonyl (C=O) groups is 1. The van der Waals surface area contributed by atoms with Crippen LogP contribution in [0.15, 0.2) is 40.2 Å². The molecule has 1 saturated heterocycles. The van der Waals surface area contributed by atoms with Crippen LogP contribution >= 0.6 is 0 Å². The van der Waals surface area contributed by atoms with E-state index < -0.39 is 21.1 Å². The van der Waals surface area contributed by atoms with Crippen LogP contribution < -0.4 is 11.3 Å². The third-order valence-corrected chi connectivity index (χ3v) is 8.53. The lowest BCUT2D eigenvalue weighted by Crippen LogP contribution is -2.44. The van der Waals surface area contributed by atoms with Gasteiger partial charge in [0.05, 0.1) is 10.4 Å². The van der Waals surface area contributed by atoms with Gasteiger partial charge in [-0.15, -0.1) is 0 Å². The Kier molecular flexibility index (Phi) is 5.93. The summed E-state index contributed by atoms with van der Waals surface area (Å²) in [4.78, 5) is 24.9. The molecule has 1 aliphatic heterocycles. The summed E-state index contributed by atoms with van der Waals surface area (Å²) in [6, 6.07) is 6.16. The van der Waals surface area contributed by atoms with Crippen LogP contribution in [0.4, 0.5) is 0 Å². The van der Waals surface area contributed by atoms with Crippen LogP contribution in [0, 0.1) is 0 Å². The number of esters is 1. The van der Waals surface area contributed by atoms with E-state index in [1.165, 1.54) is 21.1 Å². The summed E-state index contributed by atoms with van der Waals surface area (Å²) < 4.78 is 35.0. The predicted octanol–water partition coefficient (Wildman–Crippen LogP) is 2.34. The van der Waals surface area contributed by atoms with Crippen molar-refractivity contribution in [2.45, 2.75) is 75.1 Å². The molecular formula is C22H29N3O5S. The first-order valence-electron chi connectivity index (χ1n) is 10.9. The molecule has 168 valence electrons. The summed E-state index contributed by atoms with van der Waals surface area (Å²) in [6.45, 7) is 2.25. The zero-order chi connectivity index (χ0) is 22.2. The van der Waals surface area contributed by atoms with Crippen molar-refractivity contribution in [3.8, 4) is 0 Å². The van der Waals surface area contributed by atoms with Crippen molar-refractivity contribution >= 4 is 26.8 Å². The van der Waals surface area contributed by atoms with Crippen LogP contribution in [0.3, 0.4) is 0 Å². The van der Waals surface area contributed by atoms with Gasteiger partial charge in [0.1, 0.15) is 0 Å². The lowest BCUT2D eigenvalue weighted by Gasteiger charge is -2.26. The molecule has 0 unspecified atom stereocenters. The summed E-state index contributed by atoms with van der Waals surface area (Å²) in [7, 11) is -3.79. The molecule has 2 aromatic rings. The number of rotatable bonds is 8. The minimum absolute atomic E-state index is 0.117. The standard InChI is InChI=1S/C22H29N3O5S/c1-2-3-4-8-20(26)30-15-24-13-9-16-17(21(24)27)6-5-7-18(16)31(28,29)25-14-10-19(23)22(25)11-12-22/h5-7,9,13,19H,2-4,8,10-12,14-15,23H2,1H3/t19-/m1/s1. The molecule has 8 nitrogen and oxygen atoms in total. The van der Waals surface area contributed by atoms with Crippen LogP contribution in [0.5, 0.6) is 0 Å². The Bertz CT molecular complexity index is 1150. The number of benzene rings is 1. The number of pyridine rings is 1. The SMILES string of the molecule is CCCCCC(=O)OCn1ccc2c(S(=O)(=O)N3CC[C@@H](N)C34CC4)cccc2c1=O. The average Bonchev–Trinajstić information content (AvgIpc) is 3.47.